The van der Waals surface area contributed by atoms with Crippen molar-refractivity contribution >= 4 is 32.9 Å². The maximum absolute atomic E-state index is 13.4. The van der Waals surface area contributed by atoms with Gasteiger partial charge < -0.3 is 5.73 Å². The molecule has 2 nitrogen and oxygen atoms in total. The molecule has 0 aliphatic rings. The first-order chi connectivity index (χ1) is 9.16. The van der Waals surface area contributed by atoms with Gasteiger partial charge in [-0.1, -0.05) is 12.1 Å². The van der Waals surface area contributed by atoms with Gasteiger partial charge >= 0.3 is 0 Å². The van der Waals surface area contributed by atoms with Crippen LogP contribution in [0.5, 0.6) is 0 Å². The molecule has 94 valence electrons. The van der Waals surface area contributed by atoms with E-state index < -0.39 is 5.82 Å². The third-order valence-electron chi connectivity index (χ3n) is 2.99. The Hall–Kier alpha value is -2.20. The van der Waals surface area contributed by atoms with Crippen LogP contribution in [0.3, 0.4) is 0 Å². The first-order valence-corrected chi connectivity index (χ1v) is 6.61. The maximum atomic E-state index is 13.4. The lowest BCUT2D eigenvalue weighted by Crippen LogP contribution is -2.03. The lowest BCUT2D eigenvalue weighted by atomic mass is 10.0. The fraction of sp³-hybridized carbons (Fsp3) is 0. The Kier molecular flexibility index (Phi) is 2.80. The highest BCUT2D eigenvalue weighted by Gasteiger charge is 2.14. The first kappa shape index (κ1) is 11.9. The van der Waals surface area contributed by atoms with Gasteiger partial charge in [-0.05, 0) is 41.1 Å². The summed E-state index contributed by atoms with van der Waals surface area (Å²) in [7, 11) is 0. The molecule has 0 saturated carbocycles. The predicted octanol–water partition coefficient (Wildman–Crippen LogP) is 3.85. The van der Waals surface area contributed by atoms with Gasteiger partial charge in [0.2, 0.25) is 0 Å². The van der Waals surface area contributed by atoms with Crippen molar-refractivity contribution in [2.24, 2.45) is 0 Å². The van der Waals surface area contributed by atoms with Gasteiger partial charge in [-0.2, -0.15) is 0 Å². The van der Waals surface area contributed by atoms with E-state index in [2.05, 4.69) is 0 Å². The summed E-state index contributed by atoms with van der Waals surface area (Å²) in [5.74, 6) is -0.754. The molecule has 0 unspecified atom stereocenters. The van der Waals surface area contributed by atoms with E-state index in [1.165, 1.54) is 23.5 Å². The SMILES string of the molecule is Nc1ccc(C(=O)c2cccc3ccsc23)cc1F. The van der Waals surface area contributed by atoms with Gasteiger partial charge in [0.15, 0.2) is 5.78 Å². The van der Waals surface area contributed by atoms with Gasteiger partial charge in [-0.3, -0.25) is 4.79 Å². The molecule has 0 atom stereocenters. The summed E-state index contributed by atoms with van der Waals surface area (Å²) >= 11 is 1.51. The lowest BCUT2D eigenvalue weighted by Gasteiger charge is -2.04. The van der Waals surface area contributed by atoms with Gasteiger partial charge in [-0.15, -0.1) is 11.3 Å². The Morgan fingerprint density at radius 2 is 2.00 bits per heavy atom. The van der Waals surface area contributed by atoms with E-state index in [-0.39, 0.29) is 11.5 Å². The number of anilines is 1. The molecule has 1 heterocycles. The third kappa shape index (κ3) is 2.00. The molecular weight excluding hydrogens is 261 g/mol. The minimum Gasteiger partial charge on any atom is -0.396 e. The Morgan fingerprint density at radius 1 is 1.16 bits per heavy atom. The van der Waals surface area contributed by atoms with Gasteiger partial charge in [0.25, 0.3) is 0 Å². The monoisotopic (exact) mass is 271 g/mol. The van der Waals surface area contributed by atoms with Crippen LogP contribution >= 0.6 is 11.3 Å². The summed E-state index contributed by atoms with van der Waals surface area (Å²) < 4.78 is 14.4. The molecule has 0 fully saturated rings. The number of fused-ring (bicyclic) bond motifs is 1. The minimum absolute atomic E-state index is 0.0471. The fourth-order valence-electron chi connectivity index (χ4n) is 2.00. The standard InChI is InChI=1S/C15H10FNOS/c16-12-8-10(4-5-13(12)17)14(18)11-3-1-2-9-6-7-19-15(9)11/h1-8H,17H2. The third-order valence-corrected chi connectivity index (χ3v) is 3.95. The summed E-state index contributed by atoms with van der Waals surface area (Å²) in [5.41, 5.74) is 6.37. The van der Waals surface area contributed by atoms with Gasteiger partial charge in [0.05, 0.1) is 5.69 Å². The molecule has 0 radical (unpaired) electrons. The van der Waals surface area contributed by atoms with Crippen LogP contribution in [0.1, 0.15) is 15.9 Å². The second kappa shape index (κ2) is 4.48. The van der Waals surface area contributed by atoms with E-state index in [1.54, 1.807) is 12.1 Å². The summed E-state index contributed by atoms with van der Waals surface area (Å²) in [6.07, 6.45) is 0. The number of thiophene rings is 1. The highest BCUT2D eigenvalue weighted by molar-refractivity contribution is 7.17. The predicted molar refractivity (Wildman–Crippen MR) is 76.1 cm³/mol. The van der Waals surface area contributed by atoms with E-state index in [1.807, 2.05) is 23.6 Å². The average Bonchev–Trinajstić information content (AvgIpc) is 2.89. The molecule has 0 bridgehead atoms. The summed E-state index contributed by atoms with van der Waals surface area (Å²) in [6, 6.07) is 11.6. The van der Waals surface area contributed by atoms with Gasteiger partial charge in [0.1, 0.15) is 5.82 Å². The van der Waals surface area contributed by atoms with E-state index in [4.69, 9.17) is 5.73 Å². The molecule has 0 spiro atoms. The van der Waals surface area contributed by atoms with E-state index >= 15 is 0 Å². The van der Waals surface area contributed by atoms with E-state index in [0.717, 1.165) is 10.1 Å². The van der Waals surface area contributed by atoms with Crippen LogP contribution in [0.15, 0.2) is 47.8 Å². The Morgan fingerprint density at radius 3 is 2.79 bits per heavy atom. The van der Waals surface area contributed by atoms with E-state index in [9.17, 15) is 9.18 Å². The van der Waals surface area contributed by atoms with Gasteiger partial charge in [0, 0.05) is 15.8 Å². The van der Waals surface area contributed by atoms with Crippen LogP contribution in [0, 0.1) is 5.82 Å². The number of benzene rings is 2. The van der Waals surface area contributed by atoms with E-state index in [0.29, 0.717) is 11.1 Å². The minimum atomic E-state index is -0.566. The average molecular weight is 271 g/mol. The zero-order valence-corrected chi connectivity index (χ0v) is 10.7. The first-order valence-electron chi connectivity index (χ1n) is 5.73. The smallest absolute Gasteiger partial charge is 0.194 e. The molecule has 1 aromatic heterocycles. The van der Waals surface area contributed by atoms with Crippen LogP contribution in [-0.2, 0) is 0 Å². The Balaban J connectivity index is 2.13. The number of carbonyl (C=O) groups is 1. The van der Waals surface area contributed by atoms with Crippen LogP contribution in [0.25, 0.3) is 10.1 Å². The quantitative estimate of drug-likeness (QED) is 0.568. The number of rotatable bonds is 2. The number of halogens is 1. The number of ketones is 1. The topological polar surface area (TPSA) is 43.1 Å². The highest BCUT2D eigenvalue weighted by atomic mass is 32.1. The summed E-state index contributed by atoms with van der Waals surface area (Å²) in [6.45, 7) is 0. The van der Waals surface area contributed by atoms with Crippen LogP contribution < -0.4 is 5.73 Å². The molecule has 2 N–H and O–H groups in total. The number of nitrogens with two attached hydrogens (primary N) is 1. The second-order valence-electron chi connectivity index (χ2n) is 4.21. The van der Waals surface area contributed by atoms with Crippen molar-refractivity contribution in [1.29, 1.82) is 0 Å². The summed E-state index contributed by atoms with van der Waals surface area (Å²) in [4.78, 5) is 12.4. The van der Waals surface area contributed by atoms with Crippen molar-refractivity contribution in [2.45, 2.75) is 0 Å². The van der Waals surface area contributed by atoms with Crippen LogP contribution in [0.4, 0.5) is 10.1 Å². The van der Waals surface area contributed by atoms with Crippen LogP contribution in [-0.4, -0.2) is 5.78 Å². The molecule has 3 rings (SSSR count). The van der Waals surface area contributed by atoms with Crippen molar-refractivity contribution < 1.29 is 9.18 Å². The zero-order valence-electron chi connectivity index (χ0n) is 9.89. The number of nitrogen functional groups attached to an aromatic ring is 1. The van der Waals surface area contributed by atoms with Crippen molar-refractivity contribution in [3.8, 4) is 0 Å². The molecule has 0 aliphatic heterocycles. The molecule has 19 heavy (non-hydrogen) atoms. The lowest BCUT2D eigenvalue weighted by molar-refractivity contribution is 0.104. The molecule has 2 aromatic carbocycles. The molecule has 0 amide bonds. The van der Waals surface area contributed by atoms with Crippen LogP contribution in [0.2, 0.25) is 0 Å². The zero-order chi connectivity index (χ0) is 13.4. The fourth-order valence-corrected chi connectivity index (χ4v) is 2.91. The van der Waals surface area contributed by atoms with Gasteiger partial charge in [-0.25, -0.2) is 4.39 Å². The van der Waals surface area contributed by atoms with Crippen molar-refractivity contribution in [2.75, 3.05) is 5.73 Å². The molecular formula is C15H10FNOS. The largest absolute Gasteiger partial charge is 0.396 e. The second-order valence-corrected chi connectivity index (χ2v) is 5.13. The van der Waals surface area contributed by atoms with Crippen molar-refractivity contribution in [3.63, 3.8) is 0 Å². The Bertz CT molecular complexity index is 779. The van der Waals surface area contributed by atoms with Crippen molar-refractivity contribution in [1.82, 2.24) is 0 Å². The highest BCUT2D eigenvalue weighted by Crippen LogP contribution is 2.27. The number of carbonyl (C=O) groups excluding carboxylic acids is 1. The maximum Gasteiger partial charge on any atom is 0.194 e. The molecule has 3 aromatic rings. The van der Waals surface area contributed by atoms with Crippen molar-refractivity contribution in [3.05, 3.63) is 64.8 Å². The molecule has 0 saturated heterocycles. The summed E-state index contributed by atoms with van der Waals surface area (Å²) in [5, 5.41) is 2.96. The number of hydrogen-bond acceptors (Lipinski definition) is 3. The number of hydrogen-bond donors (Lipinski definition) is 1. The molecule has 0 aliphatic carbocycles. The Labute approximate surface area is 113 Å². The molecule has 4 heteroatoms. The normalized spacial score (nSPS) is 10.8.